The predicted octanol–water partition coefficient (Wildman–Crippen LogP) is 7.04. The van der Waals surface area contributed by atoms with E-state index in [1.807, 2.05) is 58.2 Å². The van der Waals surface area contributed by atoms with Crippen LogP contribution in [-0.2, 0) is 14.0 Å². The van der Waals surface area contributed by atoms with Crippen molar-refractivity contribution in [1.82, 2.24) is 14.9 Å². The van der Waals surface area contributed by atoms with E-state index in [-0.39, 0.29) is 6.09 Å². The summed E-state index contributed by atoms with van der Waals surface area (Å²) in [6, 6.07) is 14.3. The van der Waals surface area contributed by atoms with Crippen LogP contribution in [0, 0.1) is 0 Å². The van der Waals surface area contributed by atoms with Crippen molar-refractivity contribution in [2.45, 2.75) is 85.5 Å². The minimum atomic E-state index is -0.545. The Hall–Kier alpha value is -3.30. The number of ether oxygens (including phenoxy) is 2. The highest BCUT2D eigenvalue weighted by Gasteiger charge is 2.52. The highest BCUT2D eigenvalue weighted by Crippen LogP contribution is 2.42. The number of benzene rings is 1. The lowest BCUT2D eigenvalue weighted by Crippen LogP contribution is -2.41. The lowest BCUT2D eigenvalue weighted by Gasteiger charge is -2.32. The van der Waals surface area contributed by atoms with Gasteiger partial charge in [0.25, 0.3) is 0 Å². The van der Waals surface area contributed by atoms with Crippen molar-refractivity contribution in [3.63, 3.8) is 0 Å². The van der Waals surface area contributed by atoms with Crippen molar-refractivity contribution in [1.29, 1.82) is 0 Å². The number of para-hydroxylation sites is 1. The molecule has 41 heavy (non-hydrogen) atoms. The molecule has 0 unspecified atom stereocenters. The highest BCUT2D eigenvalue weighted by molar-refractivity contribution is 6.56. The summed E-state index contributed by atoms with van der Waals surface area (Å²) in [5.74, 6) is 0.485. The van der Waals surface area contributed by atoms with E-state index in [1.54, 1.807) is 4.90 Å². The van der Waals surface area contributed by atoms with Gasteiger partial charge in [-0.3, -0.25) is 0 Å². The molecule has 4 rings (SSSR count). The Morgan fingerprint density at radius 2 is 1.73 bits per heavy atom. The van der Waals surface area contributed by atoms with Crippen LogP contribution >= 0.6 is 0 Å². The van der Waals surface area contributed by atoms with Gasteiger partial charge >= 0.3 is 13.2 Å². The first-order chi connectivity index (χ1) is 19.2. The second-order valence-corrected chi connectivity index (χ2v) is 12.4. The van der Waals surface area contributed by atoms with Gasteiger partial charge in [0.2, 0.25) is 5.88 Å². The van der Waals surface area contributed by atoms with Gasteiger partial charge in [-0.2, -0.15) is 0 Å². The van der Waals surface area contributed by atoms with Crippen LogP contribution in [0.2, 0.25) is 0 Å². The molecule has 1 saturated heterocycles. The van der Waals surface area contributed by atoms with Crippen molar-refractivity contribution in [3.05, 3.63) is 65.4 Å². The van der Waals surface area contributed by atoms with Gasteiger partial charge < -0.3 is 28.7 Å². The predicted molar refractivity (Wildman–Crippen MR) is 164 cm³/mol. The molecule has 2 aromatic heterocycles. The number of hydrogen-bond acceptors (Lipinski definition) is 6. The molecule has 220 valence electrons. The average Bonchev–Trinajstić information content (AvgIpc) is 3.41. The van der Waals surface area contributed by atoms with Crippen molar-refractivity contribution >= 4 is 29.7 Å². The minimum absolute atomic E-state index is 0.304. The number of carbonyl (C=O) groups excluding carboxylic acids is 1. The van der Waals surface area contributed by atoms with E-state index < -0.39 is 23.9 Å². The molecule has 8 nitrogen and oxygen atoms in total. The van der Waals surface area contributed by atoms with Crippen LogP contribution in [-0.4, -0.2) is 64.6 Å². The largest absolute Gasteiger partial charge is 0.491 e. The van der Waals surface area contributed by atoms with Crippen LogP contribution < -0.4 is 4.74 Å². The number of rotatable bonds is 9. The second kappa shape index (κ2) is 11.9. The first-order valence-electron chi connectivity index (χ1n) is 14.5. The van der Waals surface area contributed by atoms with Crippen LogP contribution in [0.15, 0.2) is 54.1 Å². The number of nitrogens with zero attached hydrogens (tertiary/aromatic N) is 2. The summed E-state index contributed by atoms with van der Waals surface area (Å²) < 4.78 is 24.4. The Kier molecular flexibility index (Phi) is 8.90. The zero-order valence-corrected chi connectivity index (χ0v) is 26.0. The van der Waals surface area contributed by atoms with Gasteiger partial charge in [-0.15, -0.1) is 0 Å². The maximum absolute atomic E-state index is 12.4. The molecule has 0 saturated carbocycles. The van der Waals surface area contributed by atoms with Gasteiger partial charge in [0, 0.05) is 46.5 Å². The minimum Gasteiger partial charge on any atom is -0.476 e. The van der Waals surface area contributed by atoms with E-state index in [2.05, 4.69) is 62.8 Å². The number of fused-ring (bicyclic) bond motifs is 1. The fourth-order valence-corrected chi connectivity index (χ4v) is 4.75. The summed E-state index contributed by atoms with van der Waals surface area (Å²) >= 11 is 0. The van der Waals surface area contributed by atoms with Crippen molar-refractivity contribution in [3.8, 4) is 5.88 Å². The zero-order valence-electron chi connectivity index (χ0n) is 26.0. The number of carbonyl (C=O) groups is 1. The van der Waals surface area contributed by atoms with E-state index in [4.69, 9.17) is 18.8 Å². The Balaban J connectivity index is 1.61. The van der Waals surface area contributed by atoms with E-state index in [9.17, 15) is 4.79 Å². The van der Waals surface area contributed by atoms with Crippen molar-refractivity contribution < 1.29 is 23.6 Å². The zero-order chi connectivity index (χ0) is 30.0. The third-order valence-electron chi connectivity index (χ3n) is 7.71. The van der Waals surface area contributed by atoms with Gasteiger partial charge in [0.1, 0.15) is 12.2 Å². The summed E-state index contributed by atoms with van der Waals surface area (Å²) in [6.45, 7) is 19.1. The van der Waals surface area contributed by atoms with Crippen LogP contribution in [0.25, 0.3) is 16.5 Å². The highest BCUT2D eigenvalue weighted by atomic mass is 16.7. The quantitative estimate of drug-likeness (QED) is 0.282. The lowest BCUT2D eigenvalue weighted by atomic mass is 9.71. The third kappa shape index (κ3) is 6.96. The molecule has 0 bridgehead atoms. The van der Waals surface area contributed by atoms with Gasteiger partial charge in [-0.25, -0.2) is 9.78 Å². The van der Waals surface area contributed by atoms with Gasteiger partial charge in [0.15, 0.2) is 0 Å². The standard InChI is InChI=1S/C32H44BN3O5/c1-10-24(33-40-31(6,7)32(8,9)41-33)28(26-20-22-14-12-13-15-25(22)35-26)23-16-17-27(34-21-23)38-19-18-36(11-2)29(37)39-30(3,4)5/h12-17,20-21,35H,10-11,18-19H2,1-9H3/b28-24+. The number of H-pyrrole nitrogens is 1. The topological polar surface area (TPSA) is 85.9 Å². The summed E-state index contributed by atoms with van der Waals surface area (Å²) in [6.07, 6.45) is 2.20. The smallest absolute Gasteiger partial charge is 0.476 e. The van der Waals surface area contributed by atoms with Crippen molar-refractivity contribution in [2.24, 2.45) is 0 Å². The molecule has 0 spiro atoms. The number of hydrogen-bond donors (Lipinski definition) is 1. The third-order valence-corrected chi connectivity index (χ3v) is 7.71. The van der Waals surface area contributed by atoms with Crippen LogP contribution in [0.4, 0.5) is 4.79 Å². The summed E-state index contributed by atoms with van der Waals surface area (Å²) in [5, 5.41) is 1.13. The first-order valence-corrected chi connectivity index (χ1v) is 14.5. The first kappa shape index (κ1) is 30.7. The SMILES string of the molecule is CC/C(B1OC(C)(C)C(C)(C)O1)=C(/c1ccc(OCCN(CC)C(=O)OC(C)(C)C)nc1)c1cc2ccccc2[nH]1. The number of likely N-dealkylation sites (N-methyl/N-ethyl adjacent to an activating group) is 1. The molecule has 0 aliphatic carbocycles. The molecule has 3 heterocycles. The second-order valence-electron chi connectivity index (χ2n) is 12.4. The lowest BCUT2D eigenvalue weighted by molar-refractivity contribution is 0.00578. The van der Waals surface area contributed by atoms with E-state index in [0.717, 1.165) is 39.6 Å². The van der Waals surface area contributed by atoms with Crippen LogP contribution in [0.5, 0.6) is 5.88 Å². The molecule has 1 N–H and O–H groups in total. The Morgan fingerprint density at radius 1 is 1.05 bits per heavy atom. The van der Waals surface area contributed by atoms with E-state index in [0.29, 0.717) is 25.6 Å². The van der Waals surface area contributed by atoms with E-state index >= 15 is 0 Å². The molecule has 1 amide bonds. The molecular formula is C32H44BN3O5. The molecule has 1 fully saturated rings. The molecular weight excluding hydrogens is 517 g/mol. The molecule has 3 aromatic rings. The van der Waals surface area contributed by atoms with E-state index in [1.165, 1.54) is 0 Å². The van der Waals surface area contributed by atoms with Crippen LogP contribution in [0.1, 0.15) is 80.0 Å². The number of nitrogens with one attached hydrogen (secondary N) is 1. The number of aromatic amines is 1. The van der Waals surface area contributed by atoms with Gasteiger partial charge in [0.05, 0.1) is 17.7 Å². The summed E-state index contributed by atoms with van der Waals surface area (Å²) in [7, 11) is -0.491. The normalized spacial score (nSPS) is 17.0. The maximum atomic E-state index is 12.4. The van der Waals surface area contributed by atoms with Crippen LogP contribution in [0.3, 0.4) is 0 Å². The molecule has 1 aliphatic rings. The Morgan fingerprint density at radius 3 is 2.29 bits per heavy atom. The number of amides is 1. The number of pyridine rings is 1. The summed E-state index contributed by atoms with van der Waals surface area (Å²) in [4.78, 5) is 22.3. The maximum Gasteiger partial charge on any atom is 0.491 e. The fraction of sp³-hybridized carbons (Fsp3) is 0.500. The fourth-order valence-electron chi connectivity index (χ4n) is 4.75. The van der Waals surface area contributed by atoms with Crippen molar-refractivity contribution in [2.75, 3.05) is 19.7 Å². The molecule has 1 aromatic carbocycles. The van der Waals surface area contributed by atoms with Gasteiger partial charge in [-0.05, 0) is 85.5 Å². The molecule has 1 aliphatic heterocycles. The number of aromatic nitrogens is 2. The molecule has 0 atom stereocenters. The molecule has 0 radical (unpaired) electrons. The monoisotopic (exact) mass is 561 g/mol. The summed E-state index contributed by atoms with van der Waals surface area (Å²) in [5.41, 5.74) is 3.56. The Bertz CT molecular complexity index is 1340. The Labute approximate surface area is 244 Å². The number of allylic oxidation sites excluding steroid dienone is 1. The average molecular weight is 562 g/mol. The van der Waals surface area contributed by atoms with Gasteiger partial charge in [-0.1, -0.05) is 25.1 Å². The molecule has 9 heteroatoms.